The number of hydrogen-bond acceptors (Lipinski definition) is 3. The van der Waals surface area contributed by atoms with E-state index in [4.69, 9.17) is 11.6 Å². The Labute approximate surface area is 138 Å². The van der Waals surface area contributed by atoms with Crippen molar-refractivity contribution < 1.29 is 0 Å². The molecule has 4 rings (SSSR count). The van der Waals surface area contributed by atoms with Gasteiger partial charge in [0, 0.05) is 23.2 Å². The number of rotatable bonds is 2. The Morgan fingerprint density at radius 1 is 1.30 bits per heavy atom. The fourth-order valence-electron chi connectivity index (χ4n) is 3.29. The van der Waals surface area contributed by atoms with Gasteiger partial charge in [-0.25, -0.2) is 0 Å². The van der Waals surface area contributed by atoms with E-state index in [2.05, 4.69) is 40.0 Å². The minimum atomic E-state index is -0.239. The van der Waals surface area contributed by atoms with Crippen molar-refractivity contribution in [2.45, 2.75) is 19.4 Å². The third kappa shape index (κ3) is 2.49. The predicted octanol–water partition coefficient (Wildman–Crippen LogP) is 3.70. The zero-order chi connectivity index (χ0) is 16.0. The van der Waals surface area contributed by atoms with E-state index in [-0.39, 0.29) is 5.56 Å². The standard InChI is InChI=1S/C18H16ClN3O/c1-11-9-22(16-5-3-2-4-13(11)16)10-17-20-15-7-6-12(19)8-14(15)18(23)21-17/h2-8,11H,9-10H2,1H3,(H,20,21,23). The van der Waals surface area contributed by atoms with Gasteiger partial charge in [0.15, 0.2) is 0 Å². The van der Waals surface area contributed by atoms with Gasteiger partial charge in [0.25, 0.3) is 5.56 Å². The molecule has 0 saturated carbocycles. The van der Waals surface area contributed by atoms with Gasteiger partial charge in [0.2, 0.25) is 0 Å². The summed E-state index contributed by atoms with van der Waals surface area (Å²) in [5.74, 6) is 1.16. The number of para-hydroxylation sites is 1. The van der Waals surface area contributed by atoms with E-state index in [1.54, 1.807) is 12.1 Å². The Hall–Kier alpha value is -2.33. The lowest BCUT2D eigenvalue weighted by atomic mass is 10.0. The van der Waals surface area contributed by atoms with Crippen LogP contribution in [0.25, 0.3) is 10.9 Å². The van der Waals surface area contributed by atoms with Gasteiger partial charge in [0.05, 0.1) is 17.4 Å². The SMILES string of the molecule is CC1CN(Cc2nc(=O)c3cc(Cl)ccc3[nH]2)c2ccccc21. The Morgan fingerprint density at radius 2 is 2.13 bits per heavy atom. The number of aromatic nitrogens is 2. The molecule has 1 aliphatic rings. The Morgan fingerprint density at radius 3 is 3.00 bits per heavy atom. The van der Waals surface area contributed by atoms with Gasteiger partial charge in [-0.15, -0.1) is 0 Å². The predicted molar refractivity (Wildman–Crippen MR) is 93.3 cm³/mol. The van der Waals surface area contributed by atoms with Gasteiger partial charge in [0.1, 0.15) is 5.82 Å². The molecule has 1 N–H and O–H groups in total. The van der Waals surface area contributed by atoms with Crippen LogP contribution < -0.4 is 10.5 Å². The number of anilines is 1. The van der Waals surface area contributed by atoms with Gasteiger partial charge in [-0.2, -0.15) is 4.98 Å². The fraction of sp³-hybridized carbons (Fsp3) is 0.222. The summed E-state index contributed by atoms with van der Waals surface area (Å²) in [5.41, 5.74) is 3.10. The van der Waals surface area contributed by atoms with Crippen LogP contribution in [0.4, 0.5) is 5.69 Å². The molecule has 1 atom stereocenters. The molecule has 0 amide bonds. The number of H-pyrrole nitrogens is 1. The van der Waals surface area contributed by atoms with Crippen LogP contribution in [0.1, 0.15) is 24.2 Å². The van der Waals surface area contributed by atoms with Gasteiger partial charge >= 0.3 is 0 Å². The molecule has 1 aromatic heterocycles. The molecule has 0 radical (unpaired) electrons. The van der Waals surface area contributed by atoms with E-state index in [1.807, 2.05) is 12.1 Å². The van der Waals surface area contributed by atoms with Crippen molar-refractivity contribution >= 4 is 28.2 Å². The van der Waals surface area contributed by atoms with Crippen molar-refractivity contribution in [2.24, 2.45) is 0 Å². The molecule has 0 saturated heterocycles. The lowest BCUT2D eigenvalue weighted by molar-refractivity contribution is 0.724. The highest BCUT2D eigenvalue weighted by atomic mass is 35.5. The van der Waals surface area contributed by atoms with Crippen molar-refractivity contribution in [3.63, 3.8) is 0 Å². The summed E-state index contributed by atoms with van der Waals surface area (Å²) in [5, 5.41) is 1.07. The maximum Gasteiger partial charge on any atom is 0.280 e. The van der Waals surface area contributed by atoms with Crippen LogP contribution in [0.5, 0.6) is 0 Å². The van der Waals surface area contributed by atoms with Crippen LogP contribution >= 0.6 is 11.6 Å². The first kappa shape index (κ1) is 14.3. The highest BCUT2D eigenvalue weighted by molar-refractivity contribution is 6.31. The maximum absolute atomic E-state index is 12.2. The first-order chi connectivity index (χ1) is 11.1. The van der Waals surface area contributed by atoms with E-state index in [1.165, 1.54) is 11.3 Å². The highest BCUT2D eigenvalue weighted by Gasteiger charge is 2.25. The molecule has 2 heterocycles. The number of aromatic amines is 1. The molecule has 1 aliphatic heterocycles. The molecule has 3 aromatic rings. The van der Waals surface area contributed by atoms with Crippen molar-refractivity contribution in [1.29, 1.82) is 0 Å². The summed E-state index contributed by atoms with van der Waals surface area (Å²) in [6.07, 6.45) is 0. The van der Waals surface area contributed by atoms with Gasteiger partial charge in [-0.05, 0) is 29.8 Å². The first-order valence-electron chi connectivity index (χ1n) is 7.64. The summed E-state index contributed by atoms with van der Waals surface area (Å²) in [6.45, 7) is 3.74. The normalized spacial score (nSPS) is 16.8. The smallest absolute Gasteiger partial charge is 0.280 e. The van der Waals surface area contributed by atoms with E-state index in [9.17, 15) is 4.79 Å². The number of fused-ring (bicyclic) bond motifs is 2. The molecule has 0 bridgehead atoms. The molecule has 23 heavy (non-hydrogen) atoms. The molecule has 4 nitrogen and oxygen atoms in total. The Kier molecular flexibility index (Phi) is 3.34. The second kappa shape index (κ2) is 5.39. The minimum Gasteiger partial charge on any atom is -0.363 e. The van der Waals surface area contributed by atoms with E-state index >= 15 is 0 Å². The molecule has 0 aliphatic carbocycles. The number of benzene rings is 2. The number of halogens is 1. The molecular weight excluding hydrogens is 310 g/mol. The van der Waals surface area contributed by atoms with E-state index in [0.29, 0.717) is 28.7 Å². The lowest BCUT2D eigenvalue weighted by Gasteiger charge is -2.19. The number of nitrogens with one attached hydrogen (secondary N) is 1. The highest BCUT2D eigenvalue weighted by Crippen LogP contribution is 2.36. The third-order valence-electron chi connectivity index (χ3n) is 4.37. The van der Waals surface area contributed by atoms with Crippen LogP contribution in [-0.4, -0.2) is 16.5 Å². The zero-order valence-corrected chi connectivity index (χ0v) is 13.5. The monoisotopic (exact) mass is 325 g/mol. The van der Waals surface area contributed by atoms with Crippen molar-refractivity contribution in [2.75, 3.05) is 11.4 Å². The summed E-state index contributed by atoms with van der Waals surface area (Å²) in [4.78, 5) is 21.9. The zero-order valence-electron chi connectivity index (χ0n) is 12.7. The first-order valence-corrected chi connectivity index (χ1v) is 8.02. The second-order valence-electron chi connectivity index (χ2n) is 6.02. The van der Waals surface area contributed by atoms with Gasteiger partial charge < -0.3 is 9.88 Å². The van der Waals surface area contributed by atoms with Crippen LogP contribution in [0, 0.1) is 0 Å². The molecule has 1 unspecified atom stereocenters. The van der Waals surface area contributed by atoms with E-state index < -0.39 is 0 Å². The van der Waals surface area contributed by atoms with Crippen LogP contribution in [0.2, 0.25) is 5.02 Å². The van der Waals surface area contributed by atoms with Gasteiger partial charge in [-0.3, -0.25) is 4.79 Å². The third-order valence-corrected chi connectivity index (χ3v) is 4.61. The van der Waals surface area contributed by atoms with Crippen LogP contribution in [0.3, 0.4) is 0 Å². The molecular formula is C18H16ClN3O. The topological polar surface area (TPSA) is 49.0 Å². The average Bonchev–Trinajstić information content (AvgIpc) is 2.85. The molecule has 5 heteroatoms. The van der Waals surface area contributed by atoms with Crippen molar-refractivity contribution in [3.05, 3.63) is 69.2 Å². The number of nitrogens with zero attached hydrogens (tertiary/aromatic N) is 2. The molecule has 0 fully saturated rings. The number of hydrogen-bond donors (Lipinski definition) is 1. The fourth-order valence-corrected chi connectivity index (χ4v) is 3.47. The average molecular weight is 326 g/mol. The molecule has 116 valence electrons. The Bertz CT molecular complexity index is 950. The second-order valence-corrected chi connectivity index (χ2v) is 6.46. The van der Waals surface area contributed by atoms with E-state index in [0.717, 1.165) is 12.1 Å². The van der Waals surface area contributed by atoms with Crippen LogP contribution in [0.15, 0.2) is 47.3 Å². The summed E-state index contributed by atoms with van der Waals surface area (Å²) in [7, 11) is 0. The largest absolute Gasteiger partial charge is 0.363 e. The summed E-state index contributed by atoms with van der Waals surface area (Å²) in [6, 6.07) is 13.7. The van der Waals surface area contributed by atoms with Crippen LogP contribution in [-0.2, 0) is 6.54 Å². The maximum atomic E-state index is 12.2. The lowest BCUT2D eigenvalue weighted by Crippen LogP contribution is -2.24. The minimum absolute atomic E-state index is 0.239. The summed E-state index contributed by atoms with van der Waals surface area (Å²) < 4.78 is 0. The van der Waals surface area contributed by atoms with Crippen molar-refractivity contribution in [3.8, 4) is 0 Å². The molecule has 0 spiro atoms. The van der Waals surface area contributed by atoms with Gasteiger partial charge in [-0.1, -0.05) is 36.7 Å². The molecule has 2 aromatic carbocycles. The summed E-state index contributed by atoms with van der Waals surface area (Å²) >= 11 is 5.95. The van der Waals surface area contributed by atoms with Crippen molar-refractivity contribution in [1.82, 2.24) is 9.97 Å². The Balaban J connectivity index is 1.72. The quantitative estimate of drug-likeness (QED) is 0.781.